The number of thioether (sulfide) groups is 1. The number of nitrogens with one attached hydrogen (secondary N) is 2. The van der Waals surface area contributed by atoms with Crippen molar-refractivity contribution in [3.8, 4) is 0 Å². The van der Waals surface area contributed by atoms with Gasteiger partial charge >= 0.3 is 0 Å². The summed E-state index contributed by atoms with van der Waals surface area (Å²) in [7, 11) is 0. The Balaban J connectivity index is 1.64. The number of rotatable bonds is 5. The van der Waals surface area contributed by atoms with Crippen LogP contribution in [0.1, 0.15) is 16.8 Å². The minimum Gasteiger partial charge on any atom is -0.339 e. The Labute approximate surface area is 124 Å². The minimum absolute atomic E-state index is 0.0753. The highest BCUT2D eigenvalue weighted by Crippen LogP contribution is 2.15. The number of Topliss-reactive ketones (excluding diaryl/α,β-unsaturated/α-hetero) is 1. The van der Waals surface area contributed by atoms with Gasteiger partial charge in [-0.15, -0.1) is 0 Å². The first kappa shape index (κ1) is 13.6. The van der Waals surface area contributed by atoms with E-state index in [9.17, 15) is 9.59 Å². The molecule has 2 N–H and O–H groups in total. The summed E-state index contributed by atoms with van der Waals surface area (Å²) in [5.74, 6) is 0.623. The van der Waals surface area contributed by atoms with Crippen LogP contribution in [-0.2, 0) is 0 Å². The Bertz CT molecular complexity index is 826. The third-order valence-electron chi connectivity index (χ3n) is 2.94. The minimum atomic E-state index is -0.255. The maximum absolute atomic E-state index is 11.9. The van der Waals surface area contributed by atoms with Crippen LogP contribution >= 0.6 is 11.8 Å². The van der Waals surface area contributed by atoms with E-state index in [4.69, 9.17) is 0 Å². The summed E-state index contributed by atoms with van der Waals surface area (Å²) in [5.41, 5.74) is 1.19. The molecular weight excluding hydrogens is 288 g/mol. The average molecular weight is 300 g/mol. The topological polar surface area (TPSA) is 91.5 Å². The van der Waals surface area contributed by atoms with Gasteiger partial charge in [0.1, 0.15) is 0 Å². The van der Waals surface area contributed by atoms with Gasteiger partial charge in [-0.25, -0.2) is 9.97 Å². The van der Waals surface area contributed by atoms with Crippen molar-refractivity contribution in [2.45, 2.75) is 11.6 Å². The zero-order valence-corrected chi connectivity index (χ0v) is 11.8. The van der Waals surface area contributed by atoms with Crippen LogP contribution in [0.5, 0.6) is 0 Å². The lowest BCUT2D eigenvalue weighted by molar-refractivity contribution is 0.0989. The number of ketones is 1. The van der Waals surface area contributed by atoms with E-state index in [1.165, 1.54) is 18.1 Å². The van der Waals surface area contributed by atoms with Crippen LogP contribution in [0.25, 0.3) is 11.2 Å². The monoisotopic (exact) mass is 300 g/mol. The van der Waals surface area contributed by atoms with Gasteiger partial charge in [0.05, 0.1) is 6.33 Å². The molecule has 0 atom stereocenters. The lowest BCUT2D eigenvalue weighted by atomic mass is 10.1. The third-order valence-corrected chi connectivity index (χ3v) is 3.81. The molecule has 7 heteroatoms. The molecule has 106 valence electrons. The number of H-pyrrole nitrogens is 2. The molecule has 0 aliphatic rings. The molecule has 1 aromatic carbocycles. The van der Waals surface area contributed by atoms with Gasteiger partial charge in [0.2, 0.25) is 0 Å². The van der Waals surface area contributed by atoms with E-state index in [1.807, 2.05) is 18.2 Å². The van der Waals surface area contributed by atoms with E-state index in [1.54, 1.807) is 12.1 Å². The van der Waals surface area contributed by atoms with E-state index < -0.39 is 0 Å². The van der Waals surface area contributed by atoms with E-state index in [0.29, 0.717) is 34.1 Å². The van der Waals surface area contributed by atoms with E-state index in [-0.39, 0.29) is 11.3 Å². The average Bonchev–Trinajstić information content (AvgIpc) is 2.97. The van der Waals surface area contributed by atoms with Crippen LogP contribution in [-0.4, -0.2) is 31.5 Å². The third kappa shape index (κ3) is 3.03. The number of nitrogens with zero attached hydrogens (tertiary/aromatic N) is 2. The molecule has 2 aromatic heterocycles. The molecular formula is C14H12N4O2S. The molecule has 0 fully saturated rings. The number of aromatic nitrogens is 4. The number of benzene rings is 1. The summed E-state index contributed by atoms with van der Waals surface area (Å²) in [6.45, 7) is 0. The molecule has 0 bridgehead atoms. The Hall–Kier alpha value is -2.41. The van der Waals surface area contributed by atoms with Crippen molar-refractivity contribution >= 4 is 28.7 Å². The molecule has 6 nitrogen and oxygen atoms in total. The van der Waals surface area contributed by atoms with Crippen molar-refractivity contribution < 1.29 is 4.79 Å². The highest BCUT2D eigenvalue weighted by atomic mass is 32.2. The van der Waals surface area contributed by atoms with Gasteiger partial charge in [-0.05, 0) is 0 Å². The van der Waals surface area contributed by atoms with Crippen LogP contribution in [0.15, 0.2) is 46.6 Å². The van der Waals surface area contributed by atoms with Gasteiger partial charge in [-0.3, -0.25) is 14.6 Å². The Kier molecular flexibility index (Phi) is 3.83. The molecule has 2 heterocycles. The van der Waals surface area contributed by atoms with Crippen molar-refractivity contribution in [3.63, 3.8) is 0 Å². The standard InChI is InChI=1S/C14H12N4O2S/c19-10(9-4-2-1-3-5-9)6-7-21-14-17-12-11(13(20)18-14)15-8-16-12/h1-5,8H,6-7H2,(H2,15,16,17,18,20). The molecule has 0 amide bonds. The second-order valence-electron chi connectivity index (χ2n) is 4.36. The van der Waals surface area contributed by atoms with Crippen LogP contribution in [0.2, 0.25) is 0 Å². The number of hydrogen-bond donors (Lipinski definition) is 2. The van der Waals surface area contributed by atoms with Crippen LogP contribution < -0.4 is 5.56 Å². The summed E-state index contributed by atoms with van der Waals surface area (Å²) in [5, 5.41) is 0.473. The number of fused-ring (bicyclic) bond motifs is 1. The van der Waals surface area contributed by atoms with Gasteiger partial charge in [0.15, 0.2) is 22.1 Å². The van der Waals surface area contributed by atoms with Gasteiger partial charge < -0.3 is 4.98 Å². The van der Waals surface area contributed by atoms with Gasteiger partial charge in [-0.1, -0.05) is 42.1 Å². The zero-order valence-electron chi connectivity index (χ0n) is 11.0. The van der Waals surface area contributed by atoms with E-state index >= 15 is 0 Å². The fourth-order valence-electron chi connectivity index (χ4n) is 1.90. The predicted octanol–water partition coefficient (Wildman–Crippen LogP) is 2.01. The smallest absolute Gasteiger partial charge is 0.277 e. The maximum atomic E-state index is 11.9. The summed E-state index contributed by atoms with van der Waals surface area (Å²) in [4.78, 5) is 37.3. The highest BCUT2D eigenvalue weighted by molar-refractivity contribution is 7.99. The van der Waals surface area contributed by atoms with Crippen LogP contribution in [0.3, 0.4) is 0 Å². The predicted molar refractivity (Wildman–Crippen MR) is 80.6 cm³/mol. The molecule has 0 aliphatic carbocycles. The summed E-state index contributed by atoms with van der Waals surface area (Å²) in [6, 6.07) is 9.14. The summed E-state index contributed by atoms with van der Waals surface area (Å²) < 4.78 is 0. The SMILES string of the molecule is O=C(CCSc1nc2nc[nH]c2c(=O)[nH]1)c1ccccc1. The molecule has 0 unspecified atom stereocenters. The summed E-state index contributed by atoms with van der Waals surface area (Å²) >= 11 is 1.33. The van der Waals surface area contributed by atoms with Crippen LogP contribution in [0.4, 0.5) is 0 Å². The molecule has 21 heavy (non-hydrogen) atoms. The molecule has 3 rings (SSSR count). The molecule has 0 aliphatic heterocycles. The van der Waals surface area contributed by atoms with Crippen molar-refractivity contribution in [1.82, 2.24) is 19.9 Å². The van der Waals surface area contributed by atoms with E-state index in [0.717, 1.165) is 0 Å². The first-order valence-electron chi connectivity index (χ1n) is 6.38. The highest BCUT2D eigenvalue weighted by Gasteiger charge is 2.08. The van der Waals surface area contributed by atoms with Crippen molar-refractivity contribution in [1.29, 1.82) is 0 Å². The quantitative estimate of drug-likeness (QED) is 0.427. The number of hydrogen-bond acceptors (Lipinski definition) is 5. The largest absolute Gasteiger partial charge is 0.339 e. The zero-order chi connectivity index (χ0) is 14.7. The number of carbonyl (C=O) groups is 1. The first-order valence-corrected chi connectivity index (χ1v) is 7.37. The van der Waals surface area contributed by atoms with Crippen molar-refractivity contribution in [3.05, 3.63) is 52.6 Å². The molecule has 3 aromatic rings. The van der Waals surface area contributed by atoms with Crippen molar-refractivity contribution in [2.75, 3.05) is 5.75 Å². The van der Waals surface area contributed by atoms with Crippen LogP contribution in [0, 0.1) is 0 Å². The van der Waals surface area contributed by atoms with Gasteiger partial charge in [0, 0.05) is 17.7 Å². The normalized spacial score (nSPS) is 10.9. The second-order valence-corrected chi connectivity index (χ2v) is 5.44. The molecule has 0 saturated heterocycles. The Morgan fingerprint density at radius 2 is 2.05 bits per heavy atom. The van der Waals surface area contributed by atoms with Gasteiger partial charge in [0.25, 0.3) is 5.56 Å². The first-order chi connectivity index (χ1) is 10.2. The fraction of sp³-hybridized carbons (Fsp3) is 0.143. The Morgan fingerprint density at radius 3 is 2.86 bits per heavy atom. The molecule has 0 spiro atoms. The van der Waals surface area contributed by atoms with Gasteiger partial charge in [-0.2, -0.15) is 0 Å². The lowest BCUT2D eigenvalue weighted by Gasteiger charge is -2.01. The number of aromatic amines is 2. The van der Waals surface area contributed by atoms with Crippen molar-refractivity contribution in [2.24, 2.45) is 0 Å². The summed E-state index contributed by atoms with van der Waals surface area (Å²) in [6.07, 6.45) is 1.82. The molecule has 0 radical (unpaired) electrons. The lowest BCUT2D eigenvalue weighted by Crippen LogP contribution is -2.09. The fourth-order valence-corrected chi connectivity index (χ4v) is 2.70. The number of imidazole rings is 1. The number of carbonyl (C=O) groups excluding carboxylic acids is 1. The van der Waals surface area contributed by atoms with E-state index in [2.05, 4.69) is 19.9 Å². The maximum Gasteiger partial charge on any atom is 0.277 e. The second kappa shape index (κ2) is 5.92. The molecule has 0 saturated carbocycles. The Morgan fingerprint density at radius 1 is 1.24 bits per heavy atom.